The Morgan fingerprint density at radius 2 is 1.77 bits per heavy atom. The number of hydrogen-bond donors (Lipinski definition) is 2. The molecule has 8 nitrogen and oxygen atoms in total. The third-order valence-corrected chi connectivity index (χ3v) is 6.67. The topological polar surface area (TPSA) is 118 Å². The van der Waals surface area contributed by atoms with Crippen LogP contribution in [0.1, 0.15) is 19.4 Å². The van der Waals surface area contributed by atoms with E-state index in [0.717, 1.165) is 29.1 Å². The Kier molecular flexibility index (Phi) is 5.70. The SMILES string of the molecule is COc1cc(S(C)(=O)=O)ccc1-c1nc2ccc(C(C)(C)CNS(C)(=O)=O)cc2[nH]1. The molecule has 2 aromatic carbocycles. The summed E-state index contributed by atoms with van der Waals surface area (Å²) in [6, 6.07) is 10.4. The van der Waals surface area contributed by atoms with E-state index in [0.29, 0.717) is 17.1 Å². The van der Waals surface area contributed by atoms with Gasteiger partial charge in [-0.2, -0.15) is 0 Å². The van der Waals surface area contributed by atoms with Gasteiger partial charge in [0.15, 0.2) is 9.84 Å². The zero-order valence-electron chi connectivity index (χ0n) is 17.5. The Labute approximate surface area is 176 Å². The summed E-state index contributed by atoms with van der Waals surface area (Å²) in [5, 5.41) is 0. The number of rotatable bonds is 7. The summed E-state index contributed by atoms with van der Waals surface area (Å²) in [5.74, 6) is 0.945. The Bertz CT molecular complexity index is 1310. The van der Waals surface area contributed by atoms with Gasteiger partial charge in [0.25, 0.3) is 0 Å². The molecule has 0 bridgehead atoms. The van der Waals surface area contributed by atoms with Crippen LogP contribution in [0.4, 0.5) is 0 Å². The number of ether oxygens (including phenoxy) is 1. The van der Waals surface area contributed by atoms with Gasteiger partial charge in [-0.3, -0.25) is 0 Å². The summed E-state index contributed by atoms with van der Waals surface area (Å²) in [4.78, 5) is 8.01. The van der Waals surface area contributed by atoms with Gasteiger partial charge in [-0.05, 0) is 35.9 Å². The minimum Gasteiger partial charge on any atom is -0.496 e. The molecule has 3 aromatic rings. The fraction of sp³-hybridized carbons (Fsp3) is 0.350. The molecule has 1 aromatic heterocycles. The highest BCUT2D eigenvalue weighted by atomic mass is 32.2. The normalized spacial score (nSPS) is 13.0. The van der Waals surface area contributed by atoms with Crippen LogP contribution in [0.5, 0.6) is 5.75 Å². The average Bonchev–Trinajstić information content (AvgIpc) is 3.07. The number of nitrogens with one attached hydrogen (secondary N) is 2. The predicted molar refractivity (Wildman–Crippen MR) is 117 cm³/mol. The Balaban J connectivity index is 2.01. The summed E-state index contributed by atoms with van der Waals surface area (Å²) in [7, 11) is -5.17. The van der Waals surface area contributed by atoms with E-state index in [1.54, 1.807) is 6.07 Å². The highest BCUT2D eigenvalue weighted by Crippen LogP contribution is 2.33. The first-order valence-electron chi connectivity index (χ1n) is 9.13. The standard InChI is InChI=1S/C20H25N3O5S2/c1-20(2,12-21-30(5,26)27)13-6-9-16-17(10-13)23-19(22-16)15-8-7-14(29(4,24)25)11-18(15)28-3/h6-11,21H,12H2,1-5H3,(H,22,23). The minimum absolute atomic E-state index is 0.168. The van der Waals surface area contributed by atoms with Crippen LogP contribution in [0.25, 0.3) is 22.4 Å². The summed E-state index contributed by atoms with van der Waals surface area (Å²) in [6.07, 6.45) is 2.28. The Hall–Kier alpha value is -2.43. The fourth-order valence-corrected chi connectivity index (χ4v) is 4.33. The zero-order valence-corrected chi connectivity index (χ0v) is 19.1. The maximum absolute atomic E-state index is 11.8. The van der Waals surface area contributed by atoms with Crippen molar-refractivity contribution in [3.8, 4) is 17.1 Å². The second-order valence-electron chi connectivity index (χ2n) is 7.93. The van der Waals surface area contributed by atoms with Gasteiger partial charge in [-0.15, -0.1) is 0 Å². The molecule has 0 saturated carbocycles. The molecule has 0 aliphatic rings. The monoisotopic (exact) mass is 451 g/mol. The molecule has 0 radical (unpaired) electrons. The van der Waals surface area contributed by atoms with Crippen molar-refractivity contribution in [2.45, 2.75) is 24.2 Å². The maximum atomic E-state index is 11.8. The highest BCUT2D eigenvalue weighted by molar-refractivity contribution is 7.90. The molecule has 0 aliphatic carbocycles. The molecule has 30 heavy (non-hydrogen) atoms. The second kappa shape index (κ2) is 7.68. The molecule has 0 aliphatic heterocycles. The van der Waals surface area contributed by atoms with Crippen molar-refractivity contribution in [3.63, 3.8) is 0 Å². The van der Waals surface area contributed by atoms with Crippen LogP contribution >= 0.6 is 0 Å². The summed E-state index contributed by atoms with van der Waals surface area (Å²) in [5.41, 5.74) is 2.66. The second-order valence-corrected chi connectivity index (χ2v) is 11.8. The maximum Gasteiger partial charge on any atom is 0.208 e. The number of imidazole rings is 1. The number of aromatic nitrogens is 2. The molecule has 0 fully saturated rings. The summed E-state index contributed by atoms with van der Waals surface area (Å²) >= 11 is 0. The van der Waals surface area contributed by atoms with E-state index < -0.39 is 25.3 Å². The van der Waals surface area contributed by atoms with Gasteiger partial charge >= 0.3 is 0 Å². The highest BCUT2D eigenvalue weighted by Gasteiger charge is 2.23. The van der Waals surface area contributed by atoms with Crippen LogP contribution in [0.3, 0.4) is 0 Å². The summed E-state index contributed by atoms with van der Waals surface area (Å²) in [6.45, 7) is 4.17. The van der Waals surface area contributed by atoms with Crippen molar-refractivity contribution >= 4 is 30.9 Å². The number of sulfone groups is 1. The quantitative estimate of drug-likeness (QED) is 0.570. The Morgan fingerprint density at radius 3 is 2.37 bits per heavy atom. The molecule has 0 spiro atoms. The lowest BCUT2D eigenvalue weighted by Gasteiger charge is -2.25. The number of sulfonamides is 1. The van der Waals surface area contributed by atoms with Crippen LogP contribution in [0.2, 0.25) is 0 Å². The predicted octanol–water partition coefficient (Wildman–Crippen LogP) is 2.47. The number of nitrogens with zero attached hydrogens (tertiary/aromatic N) is 1. The summed E-state index contributed by atoms with van der Waals surface area (Å²) < 4.78 is 54.5. The minimum atomic E-state index is -3.36. The van der Waals surface area contributed by atoms with Crippen LogP contribution < -0.4 is 9.46 Å². The van der Waals surface area contributed by atoms with E-state index >= 15 is 0 Å². The molecule has 2 N–H and O–H groups in total. The average molecular weight is 452 g/mol. The third kappa shape index (κ3) is 4.82. The number of aromatic amines is 1. The largest absolute Gasteiger partial charge is 0.496 e. The van der Waals surface area contributed by atoms with Gasteiger partial charge in [0, 0.05) is 18.2 Å². The van der Waals surface area contributed by atoms with Crippen LogP contribution in [0, 0.1) is 0 Å². The van der Waals surface area contributed by atoms with Gasteiger partial charge < -0.3 is 9.72 Å². The molecule has 162 valence electrons. The molecule has 1 heterocycles. The smallest absolute Gasteiger partial charge is 0.208 e. The van der Waals surface area contributed by atoms with Crippen molar-refractivity contribution in [1.82, 2.24) is 14.7 Å². The van der Waals surface area contributed by atoms with E-state index in [9.17, 15) is 16.8 Å². The lowest BCUT2D eigenvalue weighted by atomic mass is 9.85. The first-order chi connectivity index (χ1) is 13.8. The zero-order chi connectivity index (χ0) is 22.3. The van der Waals surface area contributed by atoms with Gasteiger partial charge in [-0.25, -0.2) is 26.5 Å². The first-order valence-corrected chi connectivity index (χ1v) is 12.9. The fourth-order valence-electron chi connectivity index (χ4n) is 3.07. The van der Waals surface area contributed by atoms with Crippen LogP contribution in [0.15, 0.2) is 41.3 Å². The van der Waals surface area contributed by atoms with E-state index in [4.69, 9.17) is 4.74 Å². The third-order valence-electron chi connectivity index (χ3n) is 4.90. The molecule has 0 unspecified atom stereocenters. The van der Waals surface area contributed by atoms with Gasteiger partial charge in [-0.1, -0.05) is 19.9 Å². The van der Waals surface area contributed by atoms with Gasteiger partial charge in [0.1, 0.15) is 11.6 Å². The van der Waals surface area contributed by atoms with Crippen molar-refractivity contribution in [1.29, 1.82) is 0 Å². The van der Waals surface area contributed by atoms with E-state index in [1.165, 1.54) is 19.2 Å². The number of fused-ring (bicyclic) bond motifs is 1. The van der Waals surface area contributed by atoms with Crippen molar-refractivity contribution in [2.75, 3.05) is 26.2 Å². The van der Waals surface area contributed by atoms with E-state index in [-0.39, 0.29) is 11.4 Å². The molecular weight excluding hydrogens is 426 g/mol. The van der Waals surface area contributed by atoms with Crippen molar-refractivity contribution in [2.24, 2.45) is 0 Å². The van der Waals surface area contributed by atoms with Crippen LogP contribution in [-0.2, 0) is 25.3 Å². The Morgan fingerprint density at radius 1 is 1.07 bits per heavy atom. The molecule has 0 atom stereocenters. The molecule has 3 rings (SSSR count). The van der Waals surface area contributed by atoms with Gasteiger partial charge in [0.2, 0.25) is 10.0 Å². The lowest BCUT2D eigenvalue weighted by Crippen LogP contribution is -2.36. The molecule has 10 heteroatoms. The number of H-pyrrole nitrogens is 1. The lowest BCUT2D eigenvalue weighted by molar-refractivity contribution is 0.415. The molecular formula is C20H25N3O5S2. The van der Waals surface area contributed by atoms with E-state index in [1.807, 2.05) is 32.0 Å². The molecule has 0 amide bonds. The first kappa shape index (κ1) is 22.3. The van der Waals surface area contributed by atoms with Crippen molar-refractivity contribution in [3.05, 3.63) is 42.0 Å². The van der Waals surface area contributed by atoms with Crippen LogP contribution in [-0.4, -0.2) is 53.0 Å². The van der Waals surface area contributed by atoms with Gasteiger partial charge in [0.05, 0.1) is 34.9 Å². The number of hydrogen-bond acceptors (Lipinski definition) is 6. The molecule has 0 saturated heterocycles. The number of benzene rings is 2. The van der Waals surface area contributed by atoms with E-state index in [2.05, 4.69) is 14.7 Å². The van der Waals surface area contributed by atoms with Crippen molar-refractivity contribution < 1.29 is 21.6 Å². The number of methoxy groups -OCH3 is 1.